The number of amides is 2. The van der Waals surface area contributed by atoms with Gasteiger partial charge >= 0.3 is 0 Å². The largest absolute Gasteiger partial charge is 0.381 e. The van der Waals surface area contributed by atoms with Crippen molar-refractivity contribution >= 4 is 11.8 Å². The highest BCUT2D eigenvalue weighted by Gasteiger charge is 2.34. The summed E-state index contributed by atoms with van der Waals surface area (Å²) in [5.74, 6) is -0.267. The van der Waals surface area contributed by atoms with Crippen LogP contribution in [0.5, 0.6) is 0 Å². The van der Waals surface area contributed by atoms with E-state index in [4.69, 9.17) is 4.74 Å². The number of benzene rings is 2. The standard InChI is InChI=1S/C20H22N2O3/c23-18(16-7-3-1-4-8-16)21-15-20(11-13-25-14-12-20)22-19(24)17-9-5-2-6-10-17/h1-10H,11-15H2,(H,21,23)(H,22,24). The summed E-state index contributed by atoms with van der Waals surface area (Å²) < 4.78 is 5.44. The Kier molecular flexibility index (Phi) is 5.46. The van der Waals surface area contributed by atoms with Crippen molar-refractivity contribution in [1.82, 2.24) is 10.6 Å². The molecule has 0 atom stereocenters. The minimum absolute atomic E-state index is 0.128. The number of ether oxygens (including phenoxy) is 1. The summed E-state index contributed by atoms with van der Waals surface area (Å²) in [6, 6.07) is 18.2. The van der Waals surface area contributed by atoms with E-state index < -0.39 is 5.54 Å². The molecular weight excluding hydrogens is 316 g/mol. The van der Waals surface area contributed by atoms with Crippen LogP contribution in [0.15, 0.2) is 60.7 Å². The fraction of sp³-hybridized carbons (Fsp3) is 0.300. The summed E-state index contributed by atoms with van der Waals surface area (Å²) in [6.07, 6.45) is 1.33. The van der Waals surface area contributed by atoms with Gasteiger partial charge in [0.1, 0.15) is 0 Å². The molecule has 0 aromatic heterocycles. The lowest BCUT2D eigenvalue weighted by atomic mass is 9.89. The molecule has 3 rings (SSSR count). The normalized spacial score (nSPS) is 16.0. The summed E-state index contributed by atoms with van der Waals surface area (Å²) in [5.41, 5.74) is 0.733. The molecule has 1 saturated heterocycles. The van der Waals surface area contributed by atoms with E-state index in [1.807, 2.05) is 36.4 Å². The van der Waals surface area contributed by atoms with Crippen LogP contribution in [-0.2, 0) is 4.74 Å². The lowest BCUT2D eigenvalue weighted by molar-refractivity contribution is 0.0352. The third-order valence-electron chi connectivity index (χ3n) is 4.49. The third-order valence-corrected chi connectivity index (χ3v) is 4.49. The average molecular weight is 338 g/mol. The highest BCUT2D eigenvalue weighted by atomic mass is 16.5. The van der Waals surface area contributed by atoms with Crippen LogP contribution in [0.25, 0.3) is 0 Å². The number of rotatable bonds is 5. The first-order valence-electron chi connectivity index (χ1n) is 8.47. The number of nitrogens with one attached hydrogen (secondary N) is 2. The Morgan fingerprint density at radius 1 is 0.840 bits per heavy atom. The van der Waals surface area contributed by atoms with Crippen molar-refractivity contribution in [3.63, 3.8) is 0 Å². The van der Waals surface area contributed by atoms with Gasteiger partial charge in [-0.15, -0.1) is 0 Å². The third kappa shape index (κ3) is 4.45. The van der Waals surface area contributed by atoms with Gasteiger partial charge in [-0.25, -0.2) is 0 Å². The molecule has 0 aliphatic carbocycles. The lowest BCUT2D eigenvalue weighted by Crippen LogP contribution is -2.58. The second-order valence-electron chi connectivity index (χ2n) is 6.26. The Labute approximate surface area is 147 Å². The fourth-order valence-corrected chi connectivity index (χ4v) is 2.95. The maximum Gasteiger partial charge on any atom is 0.251 e. The van der Waals surface area contributed by atoms with Crippen LogP contribution in [0.1, 0.15) is 33.6 Å². The van der Waals surface area contributed by atoms with E-state index >= 15 is 0 Å². The Balaban J connectivity index is 1.68. The van der Waals surface area contributed by atoms with Crippen LogP contribution < -0.4 is 10.6 Å². The number of hydrogen-bond donors (Lipinski definition) is 2. The van der Waals surface area contributed by atoms with Crippen LogP contribution >= 0.6 is 0 Å². The van der Waals surface area contributed by atoms with Crippen molar-refractivity contribution in [3.8, 4) is 0 Å². The van der Waals surface area contributed by atoms with Crippen LogP contribution in [-0.4, -0.2) is 37.1 Å². The minimum atomic E-state index is -0.490. The van der Waals surface area contributed by atoms with Gasteiger partial charge in [0.25, 0.3) is 11.8 Å². The number of hydrogen-bond acceptors (Lipinski definition) is 3. The molecule has 5 nitrogen and oxygen atoms in total. The van der Waals surface area contributed by atoms with Crippen molar-refractivity contribution in [3.05, 3.63) is 71.8 Å². The number of carbonyl (C=O) groups is 2. The van der Waals surface area contributed by atoms with Gasteiger partial charge in [-0.2, -0.15) is 0 Å². The predicted octanol–water partition coefficient (Wildman–Crippen LogP) is 2.40. The molecule has 1 aliphatic rings. The molecule has 2 amide bonds. The molecule has 5 heteroatoms. The van der Waals surface area contributed by atoms with Gasteiger partial charge in [-0.1, -0.05) is 36.4 Å². The van der Waals surface area contributed by atoms with Crippen LogP contribution in [0.2, 0.25) is 0 Å². The molecule has 2 aromatic carbocycles. The Hall–Kier alpha value is -2.66. The first-order chi connectivity index (χ1) is 12.2. The first kappa shape index (κ1) is 17.2. The van der Waals surface area contributed by atoms with Crippen molar-refractivity contribution in [2.24, 2.45) is 0 Å². The fourth-order valence-electron chi connectivity index (χ4n) is 2.95. The maximum atomic E-state index is 12.6. The summed E-state index contributed by atoms with van der Waals surface area (Å²) in [4.78, 5) is 24.9. The Bertz CT molecular complexity index is 710. The molecule has 2 aromatic rings. The molecule has 130 valence electrons. The highest BCUT2D eigenvalue weighted by molar-refractivity contribution is 5.95. The van der Waals surface area contributed by atoms with Crippen molar-refractivity contribution in [2.45, 2.75) is 18.4 Å². The van der Waals surface area contributed by atoms with Crippen molar-refractivity contribution < 1.29 is 14.3 Å². The van der Waals surface area contributed by atoms with Gasteiger partial charge in [0.05, 0.1) is 5.54 Å². The van der Waals surface area contributed by atoms with Crippen molar-refractivity contribution in [2.75, 3.05) is 19.8 Å². The van der Waals surface area contributed by atoms with Crippen molar-refractivity contribution in [1.29, 1.82) is 0 Å². The van der Waals surface area contributed by atoms with E-state index in [-0.39, 0.29) is 11.8 Å². The SMILES string of the molecule is O=C(NCC1(NC(=O)c2ccccc2)CCOCC1)c1ccccc1. The van der Waals surface area contributed by atoms with E-state index in [0.717, 1.165) is 0 Å². The molecule has 0 saturated carbocycles. The maximum absolute atomic E-state index is 12.6. The first-order valence-corrected chi connectivity index (χ1v) is 8.47. The summed E-state index contributed by atoms with van der Waals surface area (Å²) in [5, 5.41) is 6.08. The minimum Gasteiger partial charge on any atom is -0.381 e. The molecule has 25 heavy (non-hydrogen) atoms. The van der Waals surface area contributed by atoms with Gasteiger partial charge in [0, 0.05) is 30.9 Å². The zero-order valence-corrected chi connectivity index (χ0v) is 14.0. The molecule has 0 radical (unpaired) electrons. The van der Waals surface area contributed by atoms with Gasteiger partial charge in [-0.05, 0) is 37.1 Å². The van der Waals surface area contributed by atoms with E-state index in [0.29, 0.717) is 43.7 Å². The summed E-state index contributed by atoms with van der Waals surface area (Å²) in [6.45, 7) is 1.51. The second kappa shape index (κ2) is 7.94. The molecule has 1 heterocycles. The zero-order chi connectivity index (χ0) is 17.5. The van der Waals surface area contributed by atoms with Gasteiger partial charge < -0.3 is 15.4 Å². The number of carbonyl (C=O) groups excluding carboxylic acids is 2. The Morgan fingerprint density at radius 2 is 1.36 bits per heavy atom. The van der Waals surface area contributed by atoms with Crippen LogP contribution in [0, 0.1) is 0 Å². The monoisotopic (exact) mass is 338 g/mol. The average Bonchev–Trinajstić information content (AvgIpc) is 2.68. The van der Waals surface area contributed by atoms with Gasteiger partial charge in [0.2, 0.25) is 0 Å². The molecule has 0 unspecified atom stereocenters. The summed E-state index contributed by atoms with van der Waals surface area (Å²) in [7, 11) is 0. The van der Waals surface area contributed by atoms with E-state index in [2.05, 4.69) is 10.6 Å². The molecule has 2 N–H and O–H groups in total. The molecule has 1 aliphatic heterocycles. The van der Waals surface area contributed by atoms with E-state index in [9.17, 15) is 9.59 Å². The molecule has 0 spiro atoms. The smallest absolute Gasteiger partial charge is 0.251 e. The van der Waals surface area contributed by atoms with Gasteiger partial charge in [0.15, 0.2) is 0 Å². The molecule has 1 fully saturated rings. The molecule has 0 bridgehead atoms. The zero-order valence-electron chi connectivity index (χ0n) is 14.0. The lowest BCUT2D eigenvalue weighted by Gasteiger charge is -2.38. The van der Waals surface area contributed by atoms with Crippen LogP contribution in [0.3, 0.4) is 0 Å². The summed E-state index contributed by atoms with van der Waals surface area (Å²) >= 11 is 0. The second-order valence-corrected chi connectivity index (χ2v) is 6.26. The predicted molar refractivity (Wildman–Crippen MR) is 95.5 cm³/mol. The van der Waals surface area contributed by atoms with E-state index in [1.54, 1.807) is 24.3 Å². The quantitative estimate of drug-likeness (QED) is 0.880. The topological polar surface area (TPSA) is 67.4 Å². The Morgan fingerprint density at radius 3 is 1.92 bits per heavy atom. The van der Waals surface area contributed by atoms with Crippen LogP contribution in [0.4, 0.5) is 0 Å². The highest BCUT2D eigenvalue weighted by Crippen LogP contribution is 2.21. The van der Waals surface area contributed by atoms with Gasteiger partial charge in [-0.3, -0.25) is 9.59 Å². The molecular formula is C20H22N2O3. The van der Waals surface area contributed by atoms with E-state index in [1.165, 1.54) is 0 Å².